The molecule has 0 unspecified atom stereocenters. The molecule has 0 bridgehead atoms. The molecule has 19 heavy (non-hydrogen) atoms. The van der Waals surface area contributed by atoms with E-state index >= 15 is 0 Å². The number of methoxy groups -OCH3 is 1. The first-order valence-corrected chi connectivity index (χ1v) is 5.69. The maximum Gasteiger partial charge on any atom is 0.356 e. The average Bonchev–Trinajstić information content (AvgIpc) is 2.91. The molecule has 0 radical (unpaired) electrons. The van der Waals surface area contributed by atoms with Gasteiger partial charge in [-0.3, -0.25) is 0 Å². The molecule has 0 aromatic carbocycles. The smallest absolute Gasteiger partial charge is 0.356 e. The average molecular weight is 261 g/mol. The largest absolute Gasteiger partial charge is 0.472 e. The first kappa shape index (κ1) is 12.9. The molecule has 0 aliphatic heterocycles. The monoisotopic (exact) mass is 261 g/mol. The Hall–Kier alpha value is -2.50. The predicted octanol–water partition coefficient (Wildman–Crippen LogP) is 1.68. The summed E-state index contributed by atoms with van der Waals surface area (Å²) in [5.74, 6) is 0.0436. The maximum absolute atomic E-state index is 11.5. The number of rotatable bonds is 4. The van der Waals surface area contributed by atoms with Crippen LogP contribution in [0.15, 0.2) is 35.1 Å². The van der Waals surface area contributed by atoms with Crippen LogP contribution in [-0.4, -0.2) is 25.1 Å². The lowest BCUT2D eigenvalue weighted by atomic mass is 10.2. The third kappa shape index (κ3) is 2.85. The molecule has 2 heterocycles. The highest BCUT2D eigenvalue weighted by Crippen LogP contribution is 2.21. The van der Waals surface area contributed by atoms with E-state index < -0.39 is 5.97 Å². The van der Waals surface area contributed by atoms with Gasteiger partial charge in [0.25, 0.3) is 0 Å². The van der Waals surface area contributed by atoms with Crippen LogP contribution in [0.4, 0.5) is 11.5 Å². The van der Waals surface area contributed by atoms with Gasteiger partial charge in [0.2, 0.25) is 0 Å². The van der Waals surface area contributed by atoms with Crippen LogP contribution in [0.3, 0.4) is 0 Å². The Kier molecular flexibility index (Phi) is 3.70. The van der Waals surface area contributed by atoms with Crippen LogP contribution in [0.1, 0.15) is 16.1 Å². The number of furan rings is 1. The van der Waals surface area contributed by atoms with Crippen molar-refractivity contribution in [3.05, 3.63) is 42.0 Å². The normalized spacial score (nSPS) is 10.2. The first-order valence-electron chi connectivity index (χ1n) is 5.69. The number of nitrogens with zero attached hydrogens (tertiary/aromatic N) is 2. The number of esters is 1. The summed E-state index contributed by atoms with van der Waals surface area (Å²) < 4.78 is 9.65. The van der Waals surface area contributed by atoms with Crippen LogP contribution in [0, 0.1) is 0 Å². The molecule has 6 heteroatoms. The number of anilines is 2. The Bertz CT molecular complexity index is 567. The SMILES string of the molecule is COC(=O)c1ccc(N)c(N(C)Cc2ccoc2)n1. The van der Waals surface area contributed by atoms with E-state index in [1.807, 2.05) is 18.0 Å². The molecule has 0 fully saturated rings. The highest BCUT2D eigenvalue weighted by Gasteiger charge is 2.13. The number of hydrogen-bond acceptors (Lipinski definition) is 6. The van der Waals surface area contributed by atoms with E-state index in [1.54, 1.807) is 18.6 Å². The fraction of sp³-hybridized carbons (Fsp3) is 0.231. The number of carbonyl (C=O) groups is 1. The van der Waals surface area contributed by atoms with Crippen molar-refractivity contribution in [1.82, 2.24) is 4.98 Å². The second kappa shape index (κ2) is 5.43. The maximum atomic E-state index is 11.5. The molecule has 6 nitrogen and oxygen atoms in total. The van der Waals surface area contributed by atoms with Crippen molar-refractivity contribution in [3.8, 4) is 0 Å². The summed E-state index contributed by atoms with van der Waals surface area (Å²) in [5, 5.41) is 0. The quantitative estimate of drug-likeness (QED) is 0.843. The highest BCUT2D eigenvalue weighted by molar-refractivity contribution is 5.88. The molecule has 2 aromatic heterocycles. The van der Waals surface area contributed by atoms with Crippen LogP contribution >= 0.6 is 0 Å². The second-order valence-corrected chi connectivity index (χ2v) is 4.09. The molecule has 0 saturated carbocycles. The summed E-state index contributed by atoms with van der Waals surface area (Å²) in [7, 11) is 3.15. The van der Waals surface area contributed by atoms with Crippen molar-refractivity contribution in [2.24, 2.45) is 0 Å². The second-order valence-electron chi connectivity index (χ2n) is 4.09. The minimum absolute atomic E-state index is 0.228. The molecule has 0 atom stereocenters. The molecule has 0 spiro atoms. The fourth-order valence-electron chi connectivity index (χ4n) is 1.71. The molecule has 100 valence electrons. The molecule has 2 N–H and O–H groups in total. The number of nitrogen functional groups attached to an aromatic ring is 1. The van der Waals surface area contributed by atoms with Gasteiger partial charge >= 0.3 is 5.97 Å². The number of carbonyl (C=O) groups excluding carboxylic acids is 1. The standard InChI is InChI=1S/C13H15N3O3/c1-16(7-9-5-6-19-8-9)12-10(14)3-4-11(15-12)13(17)18-2/h3-6,8H,7,14H2,1-2H3. The van der Waals surface area contributed by atoms with Crippen LogP contribution in [0.25, 0.3) is 0 Å². The lowest BCUT2D eigenvalue weighted by Gasteiger charge is -2.19. The number of hydrogen-bond donors (Lipinski definition) is 1. The molecule has 0 saturated heterocycles. The van der Waals surface area contributed by atoms with Gasteiger partial charge in [-0.15, -0.1) is 0 Å². The molecule has 0 aliphatic carbocycles. The molecular weight excluding hydrogens is 246 g/mol. The lowest BCUT2D eigenvalue weighted by Crippen LogP contribution is -2.20. The van der Waals surface area contributed by atoms with E-state index in [9.17, 15) is 4.79 Å². The summed E-state index contributed by atoms with van der Waals surface area (Å²) in [6, 6.07) is 5.04. The van der Waals surface area contributed by atoms with Crippen LogP contribution in [0.2, 0.25) is 0 Å². The van der Waals surface area contributed by atoms with Crippen LogP contribution in [0.5, 0.6) is 0 Å². The summed E-state index contributed by atoms with van der Waals surface area (Å²) in [5.41, 5.74) is 7.60. The Morgan fingerprint density at radius 2 is 2.26 bits per heavy atom. The zero-order chi connectivity index (χ0) is 13.8. The van der Waals surface area contributed by atoms with Crippen molar-refractivity contribution in [3.63, 3.8) is 0 Å². The molecule has 0 aliphatic rings. The van der Waals surface area contributed by atoms with E-state index in [1.165, 1.54) is 13.2 Å². The highest BCUT2D eigenvalue weighted by atomic mass is 16.5. The van der Waals surface area contributed by atoms with Crippen molar-refractivity contribution in [2.75, 3.05) is 24.8 Å². The van der Waals surface area contributed by atoms with E-state index in [-0.39, 0.29) is 5.69 Å². The molecule has 2 rings (SSSR count). The van der Waals surface area contributed by atoms with Crippen molar-refractivity contribution in [2.45, 2.75) is 6.54 Å². The van der Waals surface area contributed by atoms with Crippen molar-refractivity contribution in [1.29, 1.82) is 0 Å². The summed E-state index contributed by atoms with van der Waals surface area (Å²) >= 11 is 0. The number of pyridine rings is 1. The summed E-state index contributed by atoms with van der Waals surface area (Å²) in [6.07, 6.45) is 3.25. The van der Waals surface area contributed by atoms with Gasteiger partial charge in [0.05, 0.1) is 25.3 Å². The van der Waals surface area contributed by atoms with Gasteiger partial charge in [0.15, 0.2) is 11.5 Å². The Morgan fingerprint density at radius 3 is 2.89 bits per heavy atom. The third-order valence-corrected chi connectivity index (χ3v) is 2.66. The Morgan fingerprint density at radius 1 is 1.47 bits per heavy atom. The molecular formula is C13H15N3O3. The topological polar surface area (TPSA) is 81.6 Å². The van der Waals surface area contributed by atoms with Gasteiger partial charge in [0, 0.05) is 19.2 Å². The van der Waals surface area contributed by atoms with Gasteiger partial charge in [-0.25, -0.2) is 9.78 Å². The number of ether oxygens (including phenoxy) is 1. The lowest BCUT2D eigenvalue weighted by molar-refractivity contribution is 0.0594. The zero-order valence-electron chi connectivity index (χ0n) is 10.8. The molecule has 0 amide bonds. The molecule has 2 aromatic rings. The van der Waals surface area contributed by atoms with Gasteiger partial charge in [0.1, 0.15) is 0 Å². The Labute approximate surface area is 110 Å². The number of aromatic nitrogens is 1. The van der Waals surface area contributed by atoms with Crippen molar-refractivity contribution < 1.29 is 13.9 Å². The third-order valence-electron chi connectivity index (χ3n) is 2.66. The van der Waals surface area contributed by atoms with Gasteiger partial charge < -0.3 is 19.8 Å². The van der Waals surface area contributed by atoms with Crippen LogP contribution < -0.4 is 10.6 Å². The van der Waals surface area contributed by atoms with Gasteiger partial charge in [-0.2, -0.15) is 0 Å². The number of nitrogens with two attached hydrogens (primary N) is 1. The Balaban J connectivity index is 2.25. The fourth-order valence-corrected chi connectivity index (χ4v) is 1.71. The minimum Gasteiger partial charge on any atom is -0.472 e. The van der Waals surface area contributed by atoms with Crippen molar-refractivity contribution >= 4 is 17.5 Å². The van der Waals surface area contributed by atoms with E-state index in [0.29, 0.717) is 18.1 Å². The van der Waals surface area contributed by atoms with Gasteiger partial charge in [-0.05, 0) is 18.2 Å². The zero-order valence-corrected chi connectivity index (χ0v) is 10.8. The summed E-state index contributed by atoms with van der Waals surface area (Å²) in [4.78, 5) is 17.5. The minimum atomic E-state index is -0.488. The first-order chi connectivity index (χ1) is 9.11. The van der Waals surface area contributed by atoms with E-state index in [2.05, 4.69) is 9.72 Å². The van der Waals surface area contributed by atoms with E-state index in [4.69, 9.17) is 10.2 Å². The van der Waals surface area contributed by atoms with Crippen LogP contribution in [-0.2, 0) is 11.3 Å². The predicted molar refractivity (Wildman–Crippen MR) is 70.8 cm³/mol. The van der Waals surface area contributed by atoms with Gasteiger partial charge in [-0.1, -0.05) is 0 Å². The van der Waals surface area contributed by atoms with E-state index in [0.717, 1.165) is 5.56 Å². The summed E-state index contributed by atoms with van der Waals surface area (Å²) in [6.45, 7) is 0.582.